The van der Waals surface area contributed by atoms with Gasteiger partial charge < -0.3 is 0 Å². The maximum Gasteiger partial charge on any atom is 0.169 e. The van der Waals surface area contributed by atoms with Gasteiger partial charge in [0.2, 0.25) is 0 Å². The van der Waals surface area contributed by atoms with Crippen molar-refractivity contribution < 1.29 is 4.79 Å². The molecule has 0 unspecified atom stereocenters. The number of hydrogen-bond donors (Lipinski definition) is 0. The van der Waals surface area contributed by atoms with Crippen LogP contribution in [0, 0.1) is 6.92 Å². The van der Waals surface area contributed by atoms with E-state index in [9.17, 15) is 4.79 Å². The molecule has 1 aromatic carbocycles. The Bertz CT molecular complexity index is 468. The Hall–Kier alpha value is -1.15. The van der Waals surface area contributed by atoms with Crippen molar-refractivity contribution in [3.63, 3.8) is 0 Å². The normalized spacial score (nSPS) is 10.6. The quantitative estimate of drug-likeness (QED) is 0.630. The minimum absolute atomic E-state index is 0.153. The van der Waals surface area contributed by atoms with E-state index in [1.807, 2.05) is 18.2 Å². The summed E-state index contributed by atoms with van der Waals surface area (Å²) in [5.41, 5.74) is 1.25. The molecule has 2 aromatic rings. The van der Waals surface area contributed by atoms with Crippen LogP contribution in [0.3, 0.4) is 0 Å². The number of aryl methyl sites for hydroxylation is 1. The van der Waals surface area contributed by atoms with Crippen LogP contribution in [0.1, 0.15) is 22.2 Å². The lowest BCUT2D eigenvalue weighted by Crippen LogP contribution is -1.83. The Kier molecular flexibility index (Phi) is 1.93. The lowest BCUT2D eigenvalue weighted by Gasteiger charge is -1.91. The standard InChI is InChI=1S/C11H10OS/c1-7-4-3-5-9-6-10(8(2)12)13-11(7)9/h3-6H,1-2H3. The summed E-state index contributed by atoms with van der Waals surface area (Å²) in [7, 11) is 0. The second-order valence-corrected chi connectivity index (χ2v) is 4.21. The van der Waals surface area contributed by atoms with Crippen LogP contribution in [0.5, 0.6) is 0 Å². The number of carbonyl (C=O) groups is 1. The van der Waals surface area contributed by atoms with Crippen molar-refractivity contribution in [1.29, 1.82) is 0 Å². The van der Waals surface area contributed by atoms with E-state index in [0.717, 1.165) is 4.88 Å². The average Bonchev–Trinajstić information content (AvgIpc) is 2.49. The number of Topliss-reactive ketones (excluding diaryl/α,β-unsaturated/α-hetero) is 1. The first-order chi connectivity index (χ1) is 6.18. The largest absolute Gasteiger partial charge is 0.294 e. The smallest absolute Gasteiger partial charge is 0.169 e. The van der Waals surface area contributed by atoms with Gasteiger partial charge >= 0.3 is 0 Å². The minimum atomic E-state index is 0.153. The Labute approximate surface area is 81.0 Å². The number of hydrogen-bond acceptors (Lipinski definition) is 2. The lowest BCUT2D eigenvalue weighted by atomic mass is 10.2. The van der Waals surface area contributed by atoms with Crippen molar-refractivity contribution in [3.05, 3.63) is 34.7 Å². The SMILES string of the molecule is CC(=O)c1cc2cccc(C)c2s1. The van der Waals surface area contributed by atoms with Gasteiger partial charge in [0.25, 0.3) is 0 Å². The number of thiophene rings is 1. The Morgan fingerprint density at radius 2 is 2.15 bits per heavy atom. The van der Waals surface area contributed by atoms with Gasteiger partial charge in [-0.25, -0.2) is 0 Å². The summed E-state index contributed by atoms with van der Waals surface area (Å²) in [6.07, 6.45) is 0. The van der Waals surface area contributed by atoms with Crippen LogP contribution in [-0.4, -0.2) is 5.78 Å². The summed E-state index contributed by atoms with van der Waals surface area (Å²) in [5.74, 6) is 0.153. The van der Waals surface area contributed by atoms with Crippen molar-refractivity contribution in [2.75, 3.05) is 0 Å². The highest BCUT2D eigenvalue weighted by Gasteiger charge is 2.06. The zero-order chi connectivity index (χ0) is 9.42. The van der Waals surface area contributed by atoms with Gasteiger partial charge in [-0.1, -0.05) is 18.2 Å². The molecule has 0 radical (unpaired) electrons. The fourth-order valence-corrected chi connectivity index (χ4v) is 2.41. The molecule has 0 N–H and O–H groups in total. The summed E-state index contributed by atoms with van der Waals surface area (Å²) in [4.78, 5) is 12.0. The summed E-state index contributed by atoms with van der Waals surface area (Å²) in [6, 6.07) is 8.11. The van der Waals surface area contributed by atoms with Crippen molar-refractivity contribution in [2.24, 2.45) is 0 Å². The molecular weight excluding hydrogens is 180 g/mol. The first-order valence-electron chi connectivity index (χ1n) is 4.18. The minimum Gasteiger partial charge on any atom is -0.294 e. The van der Waals surface area contributed by atoms with E-state index in [1.54, 1.807) is 18.3 Å². The van der Waals surface area contributed by atoms with Crippen molar-refractivity contribution >= 4 is 27.2 Å². The van der Waals surface area contributed by atoms with E-state index in [4.69, 9.17) is 0 Å². The Balaban J connectivity index is 2.75. The van der Waals surface area contributed by atoms with E-state index in [1.165, 1.54) is 15.6 Å². The van der Waals surface area contributed by atoms with Gasteiger partial charge in [0.05, 0.1) is 4.88 Å². The monoisotopic (exact) mass is 190 g/mol. The van der Waals surface area contributed by atoms with E-state index in [-0.39, 0.29) is 5.78 Å². The number of fused-ring (bicyclic) bond motifs is 1. The van der Waals surface area contributed by atoms with Crippen molar-refractivity contribution in [3.8, 4) is 0 Å². The zero-order valence-electron chi connectivity index (χ0n) is 7.63. The molecule has 66 valence electrons. The molecule has 2 heteroatoms. The lowest BCUT2D eigenvalue weighted by molar-refractivity contribution is 0.102. The Morgan fingerprint density at radius 1 is 1.38 bits per heavy atom. The summed E-state index contributed by atoms with van der Waals surface area (Å²) in [6.45, 7) is 3.68. The van der Waals surface area contributed by atoms with Gasteiger partial charge in [-0.2, -0.15) is 0 Å². The van der Waals surface area contributed by atoms with Gasteiger partial charge in [-0.05, 0) is 30.9 Å². The molecular formula is C11H10OS. The molecule has 1 heterocycles. The van der Waals surface area contributed by atoms with E-state index in [0.29, 0.717) is 0 Å². The number of rotatable bonds is 1. The second-order valence-electron chi connectivity index (χ2n) is 3.16. The first-order valence-corrected chi connectivity index (χ1v) is 5.00. The molecule has 0 atom stereocenters. The van der Waals surface area contributed by atoms with E-state index < -0.39 is 0 Å². The molecule has 0 spiro atoms. The molecule has 1 aromatic heterocycles. The second kappa shape index (κ2) is 2.96. The van der Waals surface area contributed by atoms with Gasteiger partial charge in [-0.15, -0.1) is 11.3 Å². The molecule has 0 aliphatic rings. The summed E-state index contributed by atoms with van der Waals surface area (Å²) in [5, 5.41) is 1.18. The van der Waals surface area contributed by atoms with Gasteiger partial charge in [0.15, 0.2) is 5.78 Å². The molecule has 0 aliphatic heterocycles. The topological polar surface area (TPSA) is 17.1 Å². The van der Waals surface area contributed by atoms with Gasteiger partial charge in [-0.3, -0.25) is 4.79 Å². The van der Waals surface area contributed by atoms with E-state index >= 15 is 0 Å². The maximum absolute atomic E-state index is 11.1. The van der Waals surface area contributed by atoms with Crippen LogP contribution in [-0.2, 0) is 0 Å². The number of ketones is 1. The average molecular weight is 190 g/mol. The van der Waals surface area contributed by atoms with Crippen molar-refractivity contribution in [1.82, 2.24) is 0 Å². The fourth-order valence-electron chi connectivity index (χ4n) is 1.38. The van der Waals surface area contributed by atoms with E-state index in [2.05, 4.69) is 13.0 Å². The maximum atomic E-state index is 11.1. The third-order valence-electron chi connectivity index (χ3n) is 2.09. The zero-order valence-corrected chi connectivity index (χ0v) is 8.44. The first kappa shape index (κ1) is 8.45. The summed E-state index contributed by atoms with van der Waals surface area (Å²) >= 11 is 1.58. The highest BCUT2D eigenvalue weighted by molar-refractivity contribution is 7.21. The molecule has 0 bridgehead atoms. The molecule has 2 rings (SSSR count). The number of benzene rings is 1. The van der Waals surface area contributed by atoms with Crippen LogP contribution in [0.4, 0.5) is 0 Å². The highest BCUT2D eigenvalue weighted by Crippen LogP contribution is 2.28. The molecule has 0 saturated carbocycles. The fraction of sp³-hybridized carbons (Fsp3) is 0.182. The molecule has 0 aliphatic carbocycles. The predicted molar refractivity (Wildman–Crippen MR) is 56.6 cm³/mol. The van der Waals surface area contributed by atoms with Crippen LogP contribution >= 0.6 is 11.3 Å². The van der Waals surface area contributed by atoms with Crippen molar-refractivity contribution in [2.45, 2.75) is 13.8 Å². The molecule has 0 saturated heterocycles. The molecule has 0 amide bonds. The third kappa shape index (κ3) is 1.38. The van der Waals surface area contributed by atoms with Crippen LogP contribution in [0.2, 0.25) is 0 Å². The summed E-state index contributed by atoms with van der Waals surface area (Å²) < 4.78 is 1.23. The molecule has 0 fully saturated rings. The molecule has 1 nitrogen and oxygen atoms in total. The van der Waals surface area contributed by atoms with Gasteiger partial charge in [0.1, 0.15) is 0 Å². The number of carbonyl (C=O) groups excluding carboxylic acids is 1. The van der Waals surface area contributed by atoms with Gasteiger partial charge in [0, 0.05) is 4.70 Å². The highest BCUT2D eigenvalue weighted by atomic mass is 32.1. The molecule has 13 heavy (non-hydrogen) atoms. The predicted octanol–water partition coefficient (Wildman–Crippen LogP) is 3.41. The van der Waals surface area contributed by atoms with Crippen LogP contribution < -0.4 is 0 Å². The van der Waals surface area contributed by atoms with Crippen LogP contribution in [0.25, 0.3) is 10.1 Å². The third-order valence-corrected chi connectivity index (χ3v) is 3.47. The van der Waals surface area contributed by atoms with Crippen LogP contribution in [0.15, 0.2) is 24.3 Å². The Morgan fingerprint density at radius 3 is 2.77 bits per heavy atom.